The van der Waals surface area contributed by atoms with E-state index in [4.69, 9.17) is 0 Å². The molecule has 2 atom stereocenters. The Kier molecular flexibility index (Phi) is 10.7. The molecule has 0 aromatic rings. The summed E-state index contributed by atoms with van der Waals surface area (Å²) in [5, 5.41) is 45.8. The number of carboxylic acids is 4. The monoisotopic (exact) mass is 622 g/mol. The zero-order valence-electron chi connectivity index (χ0n) is 27.0. The van der Waals surface area contributed by atoms with Crippen LogP contribution in [0.5, 0.6) is 0 Å². The Morgan fingerprint density at radius 1 is 0.500 bits per heavy atom. The van der Waals surface area contributed by atoms with Crippen LogP contribution in [0.15, 0.2) is 0 Å². The predicted octanol–water partition coefficient (Wildman–Crippen LogP) is 2.04. The topological polar surface area (TPSA) is 162 Å². The second kappa shape index (κ2) is 13.6. The predicted molar refractivity (Wildman–Crippen MR) is 163 cm³/mol. The Bertz CT molecular complexity index is 1030. The second-order valence-corrected chi connectivity index (χ2v) is 14.4. The van der Waals surface area contributed by atoms with Gasteiger partial charge in [-0.05, 0) is 156 Å². The van der Waals surface area contributed by atoms with Gasteiger partial charge in [-0.25, -0.2) is 0 Å². The van der Waals surface area contributed by atoms with Gasteiger partial charge in [-0.3, -0.25) is 19.2 Å². The number of likely N-dealkylation sites (tertiary alicyclic amines) is 4. The molecule has 4 rings (SSSR count). The molecule has 2 unspecified atom stereocenters. The largest absolute Gasteiger partial charge is 0.481 e. The molecular formula is C32H54N4O8. The molecule has 12 nitrogen and oxygen atoms in total. The maximum absolute atomic E-state index is 14.6. The molecule has 4 aliphatic rings. The van der Waals surface area contributed by atoms with Crippen LogP contribution in [0.1, 0.15) is 57.8 Å². The number of hydrogen-bond donors (Lipinski definition) is 4. The quantitative estimate of drug-likeness (QED) is 0.266. The first-order chi connectivity index (χ1) is 20.7. The lowest BCUT2D eigenvalue weighted by atomic mass is 9.35. The molecule has 0 amide bonds. The third kappa shape index (κ3) is 5.64. The van der Waals surface area contributed by atoms with Crippen LogP contribution in [-0.2, 0) is 19.2 Å². The molecule has 0 spiro atoms. The Morgan fingerprint density at radius 2 is 0.818 bits per heavy atom. The van der Waals surface area contributed by atoms with E-state index in [0.717, 1.165) is 0 Å². The smallest absolute Gasteiger partial charge is 0.312 e. The molecule has 250 valence electrons. The van der Waals surface area contributed by atoms with Gasteiger partial charge in [0, 0.05) is 0 Å². The highest BCUT2D eigenvalue weighted by atomic mass is 16.4. The minimum absolute atomic E-state index is 0.300. The van der Waals surface area contributed by atoms with Crippen molar-refractivity contribution in [3.05, 3.63) is 0 Å². The summed E-state index contributed by atoms with van der Waals surface area (Å²) in [5.74, 6) is -8.40. The molecule has 4 N–H and O–H groups in total. The summed E-state index contributed by atoms with van der Waals surface area (Å²) in [6, 6.07) is 0. The van der Waals surface area contributed by atoms with Crippen molar-refractivity contribution in [3.63, 3.8) is 0 Å². The van der Waals surface area contributed by atoms with Gasteiger partial charge in [0.05, 0.1) is 17.3 Å². The fraction of sp³-hybridized carbons (Fsp3) is 0.875. The van der Waals surface area contributed by atoms with E-state index < -0.39 is 70.2 Å². The average molecular weight is 623 g/mol. The molecule has 0 radical (unpaired) electrons. The van der Waals surface area contributed by atoms with Gasteiger partial charge in [-0.2, -0.15) is 0 Å². The first kappa shape index (κ1) is 34.6. The molecule has 4 saturated heterocycles. The number of rotatable bonds is 11. The summed E-state index contributed by atoms with van der Waals surface area (Å²) >= 11 is 0. The first-order valence-electron chi connectivity index (χ1n) is 16.4. The number of carboxylic acid groups (broad SMARTS) is 4. The molecule has 0 bridgehead atoms. The van der Waals surface area contributed by atoms with Crippen LogP contribution >= 0.6 is 0 Å². The number of piperidine rings is 4. The van der Waals surface area contributed by atoms with E-state index in [0.29, 0.717) is 104 Å². The van der Waals surface area contributed by atoms with Crippen molar-refractivity contribution in [2.45, 2.75) is 57.8 Å². The third-order valence-corrected chi connectivity index (χ3v) is 12.3. The van der Waals surface area contributed by atoms with Crippen LogP contribution in [0.4, 0.5) is 0 Å². The fourth-order valence-corrected chi connectivity index (χ4v) is 10.2. The van der Waals surface area contributed by atoms with E-state index >= 15 is 0 Å². The van der Waals surface area contributed by atoms with Crippen LogP contribution in [0.3, 0.4) is 0 Å². The molecule has 4 fully saturated rings. The maximum atomic E-state index is 14.6. The summed E-state index contributed by atoms with van der Waals surface area (Å²) in [4.78, 5) is 64.5. The van der Waals surface area contributed by atoms with Crippen molar-refractivity contribution in [1.82, 2.24) is 19.6 Å². The van der Waals surface area contributed by atoms with Crippen molar-refractivity contribution in [2.24, 2.45) is 39.9 Å². The van der Waals surface area contributed by atoms with Crippen LogP contribution in [-0.4, -0.2) is 144 Å². The average Bonchev–Trinajstić information content (AvgIpc) is 2.96. The van der Waals surface area contributed by atoms with Crippen molar-refractivity contribution < 1.29 is 39.6 Å². The summed E-state index contributed by atoms with van der Waals surface area (Å²) in [5.41, 5.74) is -6.64. The summed E-state index contributed by atoms with van der Waals surface area (Å²) in [6.07, 6.45) is 1.99. The van der Waals surface area contributed by atoms with Crippen LogP contribution in [0.25, 0.3) is 0 Å². The van der Waals surface area contributed by atoms with E-state index in [1.807, 2.05) is 33.1 Å². The van der Waals surface area contributed by atoms with Crippen LogP contribution in [0.2, 0.25) is 0 Å². The van der Waals surface area contributed by atoms with Gasteiger partial charge in [0.1, 0.15) is 5.41 Å². The van der Waals surface area contributed by atoms with Crippen LogP contribution < -0.4 is 0 Å². The SMILES string of the molecule is CN1CCC(C(CC(=O)O)(C(=O)O)C(C(=O)O)(C2CCN(C)CC2)C(C(=O)O)(C2CCN(C)CC2)C2CCN(C)CC2)CC1. The first-order valence-corrected chi connectivity index (χ1v) is 16.4. The van der Waals surface area contributed by atoms with E-state index in [2.05, 4.69) is 14.7 Å². The molecule has 0 aromatic heterocycles. The van der Waals surface area contributed by atoms with Crippen molar-refractivity contribution >= 4 is 23.9 Å². The van der Waals surface area contributed by atoms with Gasteiger partial charge in [-0.1, -0.05) is 0 Å². The number of hydrogen-bond acceptors (Lipinski definition) is 8. The van der Waals surface area contributed by atoms with E-state index in [9.17, 15) is 39.6 Å². The Labute approximate surface area is 261 Å². The molecule has 44 heavy (non-hydrogen) atoms. The second-order valence-electron chi connectivity index (χ2n) is 14.4. The Balaban J connectivity index is 2.16. The van der Waals surface area contributed by atoms with Crippen LogP contribution in [0, 0.1) is 39.9 Å². The van der Waals surface area contributed by atoms with Crippen molar-refractivity contribution in [3.8, 4) is 0 Å². The van der Waals surface area contributed by atoms with E-state index in [1.54, 1.807) is 0 Å². The van der Waals surface area contributed by atoms with Gasteiger partial charge in [0.25, 0.3) is 0 Å². The standard InChI is InChI=1S/C32H54N4O8/c1-33-13-5-22(6-14-33)30(27(39)40,21-26(37)38)32(29(43)44,25-11-19-36(4)20-12-25)31(28(41)42,23-7-15-34(2)16-8-23)24-9-17-35(3)18-10-24/h22-25H,5-21H2,1-4H3,(H,37,38)(H,39,40)(H,41,42)(H,43,44). The minimum atomic E-state index is -2.35. The summed E-state index contributed by atoms with van der Waals surface area (Å²) in [6.45, 7) is 4.26. The minimum Gasteiger partial charge on any atom is -0.481 e. The summed E-state index contributed by atoms with van der Waals surface area (Å²) in [7, 11) is 7.76. The van der Waals surface area contributed by atoms with E-state index in [-0.39, 0.29) is 0 Å². The van der Waals surface area contributed by atoms with Gasteiger partial charge in [0.15, 0.2) is 0 Å². The van der Waals surface area contributed by atoms with Gasteiger partial charge < -0.3 is 40.0 Å². The number of aliphatic carboxylic acids is 4. The summed E-state index contributed by atoms with van der Waals surface area (Å²) < 4.78 is 0. The molecule has 4 aliphatic heterocycles. The molecule has 0 aliphatic carbocycles. The molecule has 0 saturated carbocycles. The van der Waals surface area contributed by atoms with Gasteiger partial charge >= 0.3 is 23.9 Å². The highest BCUT2D eigenvalue weighted by Gasteiger charge is 2.80. The maximum Gasteiger partial charge on any atom is 0.312 e. The Morgan fingerprint density at radius 3 is 1.09 bits per heavy atom. The highest BCUT2D eigenvalue weighted by molar-refractivity contribution is 5.96. The van der Waals surface area contributed by atoms with Gasteiger partial charge in [-0.15, -0.1) is 0 Å². The third-order valence-electron chi connectivity index (χ3n) is 12.3. The molecule has 4 heterocycles. The van der Waals surface area contributed by atoms with Crippen molar-refractivity contribution in [1.29, 1.82) is 0 Å². The fourth-order valence-electron chi connectivity index (χ4n) is 10.2. The lowest BCUT2D eigenvalue weighted by Crippen LogP contribution is -2.75. The zero-order valence-corrected chi connectivity index (χ0v) is 27.0. The molecule has 12 heteroatoms. The Hall–Kier alpha value is -2.28. The van der Waals surface area contributed by atoms with Gasteiger partial charge in [0.2, 0.25) is 0 Å². The normalized spacial score (nSPS) is 26.5. The molecule has 0 aromatic carbocycles. The lowest BCUT2D eigenvalue weighted by Gasteiger charge is -2.65. The number of carbonyl (C=O) groups is 4. The zero-order chi connectivity index (χ0) is 32.4. The molecular weight excluding hydrogens is 568 g/mol. The van der Waals surface area contributed by atoms with Crippen molar-refractivity contribution in [2.75, 3.05) is 80.5 Å². The lowest BCUT2D eigenvalue weighted by molar-refractivity contribution is -0.248. The number of nitrogens with zero attached hydrogens (tertiary/aromatic N) is 4. The highest BCUT2D eigenvalue weighted by Crippen LogP contribution is 2.71. The van der Waals surface area contributed by atoms with E-state index in [1.165, 1.54) is 0 Å².